The summed E-state index contributed by atoms with van der Waals surface area (Å²) >= 11 is 0. The van der Waals surface area contributed by atoms with Crippen LogP contribution >= 0.6 is 0 Å². The lowest BCUT2D eigenvalue weighted by atomic mass is 9.73. The van der Waals surface area contributed by atoms with Gasteiger partial charge in [0.1, 0.15) is 12.2 Å². The fraction of sp³-hybridized carbons (Fsp3) is 0.833. The zero-order chi connectivity index (χ0) is 24.0. The summed E-state index contributed by atoms with van der Waals surface area (Å²) in [5.41, 5.74) is 6.33. The molecule has 3 unspecified atom stereocenters. The van der Waals surface area contributed by atoms with Gasteiger partial charge in [0.2, 0.25) is 5.91 Å². The second kappa shape index (κ2) is 11.6. The van der Waals surface area contributed by atoms with E-state index in [1.807, 2.05) is 20.8 Å². The van der Waals surface area contributed by atoms with Gasteiger partial charge in [0.05, 0.1) is 31.5 Å². The number of nitrogens with two attached hydrogens (primary N) is 1. The van der Waals surface area contributed by atoms with Gasteiger partial charge in [0.25, 0.3) is 0 Å². The normalized spacial score (nSPS) is 34.3. The lowest BCUT2D eigenvalue weighted by molar-refractivity contribution is -0.138. The maximum Gasteiger partial charge on any atom is 0.407 e. The minimum atomic E-state index is -0.416. The van der Waals surface area contributed by atoms with Crippen molar-refractivity contribution in [3.8, 4) is 0 Å². The summed E-state index contributed by atoms with van der Waals surface area (Å²) in [5, 5.41) is 5.92. The summed E-state index contributed by atoms with van der Waals surface area (Å²) in [6.45, 7) is 7.36. The summed E-state index contributed by atoms with van der Waals surface area (Å²) in [4.78, 5) is 24.2. The average molecular weight is 468 g/mol. The highest BCUT2D eigenvalue weighted by Crippen LogP contribution is 2.49. The van der Waals surface area contributed by atoms with Crippen LogP contribution in [-0.2, 0) is 23.7 Å². The lowest BCUT2D eigenvalue weighted by Gasteiger charge is -2.43. The van der Waals surface area contributed by atoms with Crippen molar-refractivity contribution in [1.82, 2.24) is 10.6 Å². The third-order valence-corrected chi connectivity index (χ3v) is 7.18. The Morgan fingerprint density at radius 1 is 1.15 bits per heavy atom. The number of amides is 2. The third-order valence-electron chi connectivity index (χ3n) is 7.18. The van der Waals surface area contributed by atoms with E-state index in [1.54, 1.807) is 7.11 Å². The second-order valence-corrected chi connectivity index (χ2v) is 9.85. The molecule has 0 aromatic carbocycles. The maximum absolute atomic E-state index is 12.7. The standard InChI is InChI=1S/C24H41N3O6/c1-15(2)10-12-31-16(3)21-22(30-4)19(9-11-24(21)14-32-24)33-23(29)27-18-7-5-17(6-8-18)26-20(28)13-25/h10,16-19,21-22H,5-9,11-14,25H2,1-4H3,(H,26,28)(H,27,29)/t16-,17-,18-,19?,21?,22?,24-/m0/s1. The Balaban J connectivity index is 1.52. The van der Waals surface area contributed by atoms with Crippen LogP contribution in [0.2, 0.25) is 0 Å². The molecule has 1 spiro atoms. The fourth-order valence-electron chi connectivity index (χ4n) is 5.27. The highest BCUT2D eigenvalue weighted by molar-refractivity contribution is 5.78. The Morgan fingerprint density at radius 2 is 1.79 bits per heavy atom. The molecule has 4 N–H and O–H groups in total. The maximum atomic E-state index is 12.7. The van der Waals surface area contributed by atoms with Crippen LogP contribution in [0.4, 0.5) is 4.79 Å². The van der Waals surface area contributed by atoms with Crippen LogP contribution in [-0.4, -0.2) is 74.9 Å². The first-order chi connectivity index (χ1) is 15.8. The highest BCUT2D eigenvalue weighted by atomic mass is 16.6. The van der Waals surface area contributed by atoms with Gasteiger partial charge in [-0.3, -0.25) is 4.79 Å². The Labute approximate surface area is 197 Å². The van der Waals surface area contributed by atoms with Crippen molar-refractivity contribution in [2.75, 3.05) is 26.9 Å². The molecule has 1 aliphatic heterocycles. The molecule has 0 radical (unpaired) electrons. The fourth-order valence-corrected chi connectivity index (χ4v) is 5.27. The first kappa shape index (κ1) is 25.9. The third kappa shape index (κ3) is 6.91. The molecule has 1 saturated heterocycles. The minimum absolute atomic E-state index is 0.00151. The van der Waals surface area contributed by atoms with E-state index in [-0.39, 0.29) is 54.4 Å². The van der Waals surface area contributed by atoms with E-state index in [0.29, 0.717) is 19.6 Å². The molecule has 3 aliphatic rings. The molecular weight excluding hydrogens is 426 g/mol. The number of rotatable bonds is 9. The van der Waals surface area contributed by atoms with Crippen LogP contribution in [0.5, 0.6) is 0 Å². The molecule has 3 rings (SSSR count). The molecule has 9 nitrogen and oxygen atoms in total. The number of carbonyl (C=O) groups excluding carboxylic acids is 2. The smallest absolute Gasteiger partial charge is 0.407 e. The molecule has 5 atom stereocenters. The first-order valence-corrected chi connectivity index (χ1v) is 12.2. The van der Waals surface area contributed by atoms with Crippen molar-refractivity contribution >= 4 is 12.0 Å². The summed E-state index contributed by atoms with van der Waals surface area (Å²) < 4.78 is 23.7. The predicted molar refractivity (Wildman–Crippen MR) is 124 cm³/mol. The number of hydrogen-bond acceptors (Lipinski definition) is 7. The van der Waals surface area contributed by atoms with Gasteiger partial charge in [-0.05, 0) is 59.3 Å². The van der Waals surface area contributed by atoms with E-state index < -0.39 is 6.09 Å². The lowest BCUT2D eigenvalue weighted by Crippen LogP contribution is -2.55. The minimum Gasteiger partial charge on any atom is -0.443 e. The Hall–Kier alpha value is -1.68. The molecule has 0 aromatic heterocycles. The first-order valence-electron chi connectivity index (χ1n) is 12.2. The highest BCUT2D eigenvalue weighted by Gasteiger charge is 2.61. The van der Waals surface area contributed by atoms with Gasteiger partial charge in [-0.15, -0.1) is 0 Å². The van der Waals surface area contributed by atoms with Crippen molar-refractivity contribution in [3.63, 3.8) is 0 Å². The molecule has 188 valence electrons. The summed E-state index contributed by atoms with van der Waals surface area (Å²) in [6, 6.07) is 0.156. The number of ether oxygens (including phenoxy) is 4. The molecule has 2 amide bonds. The number of nitrogens with one attached hydrogen (secondary N) is 2. The van der Waals surface area contributed by atoms with Crippen molar-refractivity contribution in [2.24, 2.45) is 11.7 Å². The van der Waals surface area contributed by atoms with E-state index in [2.05, 4.69) is 16.7 Å². The van der Waals surface area contributed by atoms with Gasteiger partial charge >= 0.3 is 6.09 Å². The van der Waals surface area contributed by atoms with Crippen molar-refractivity contribution in [3.05, 3.63) is 11.6 Å². The van der Waals surface area contributed by atoms with E-state index in [9.17, 15) is 9.59 Å². The molecule has 1 heterocycles. The zero-order valence-electron chi connectivity index (χ0n) is 20.4. The number of allylic oxidation sites excluding steroid dienone is 1. The summed E-state index contributed by atoms with van der Waals surface area (Å²) in [6.07, 6.45) is 5.60. The molecule has 2 saturated carbocycles. The number of methoxy groups -OCH3 is 1. The van der Waals surface area contributed by atoms with Gasteiger partial charge in [-0.25, -0.2) is 4.79 Å². The average Bonchev–Trinajstić information content (AvgIpc) is 3.55. The Morgan fingerprint density at radius 3 is 2.33 bits per heavy atom. The van der Waals surface area contributed by atoms with Gasteiger partial charge in [0, 0.05) is 25.1 Å². The quantitative estimate of drug-likeness (QED) is 0.350. The van der Waals surface area contributed by atoms with Crippen LogP contribution in [0.25, 0.3) is 0 Å². The van der Waals surface area contributed by atoms with E-state index in [1.165, 1.54) is 5.57 Å². The number of alkyl carbamates (subject to hydrolysis) is 1. The predicted octanol–water partition coefficient (Wildman–Crippen LogP) is 2.03. The Kier molecular flexibility index (Phi) is 9.15. The molecule has 33 heavy (non-hydrogen) atoms. The topological polar surface area (TPSA) is 124 Å². The number of carbonyl (C=O) groups is 2. The van der Waals surface area contributed by atoms with Crippen LogP contribution in [0.15, 0.2) is 11.6 Å². The van der Waals surface area contributed by atoms with Crippen LogP contribution < -0.4 is 16.4 Å². The van der Waals surface area contributed by atoms with Gasteiger partial charge in [-0.1, -0.05) is 11.6 Å². The van der Waals surface area contributed by atoms with E-state index in [4.69, 9.17) is 24.7 Å². The molecule has 9 heteroatoms. The second-order valence-electron chi connectivity index (χ2n) is 9.85. The van der Waals surface area contributed by atoms with Crippen LogP contribution in [0, 0.1) is 5.92 Å². The summed E-state index contributed by atoms with van der Waals surface area (Å²) in [5.74, 6) is -0.152. The molecule has 3 fully saturated rings. The van der Waals surface area contributed by atoms with Gasteiger partial charge in [-0.2, -0.15) is 0 Å². The van der Waals surface area contributed by atoms with Crippen molar-refractivity contribution in [2.45, 2.75) is 95.3 Å². The van der Waals surface area contributed by atoms with Crippen molar-refractivity contribution < 1.29 is 28.5 Å². The van der Waals surface area contributed by atoms with E-state index in [0.717, 1.165) is 32.1 Å². The largest absolute Gasteiger partial charge is 0.443 e. The monoisotopic (exact) mass is 467 g/mol. The van der Waals surface area contributed by atoms with E-state index >= 15 is 0 Å². The molecule has 0 aromatic rings. The van der Waals surface area contributed by atoms with Gasteiger partial charge < -0.3 is 35.3 Å². The van der Waals surface area contributed by atoms with Crippen molar-refractivity contribution in [1.29, 1.82) is 0 Å². The molecule has 2 aliphatic carbocycles. The summed E-state index contributed by atoms with van der Waals surface area (Å²) in [7, 11) is 1.66. The molecule has 0 bridgehead atoms. The SMILES string of the molecule is COC1C(OC(=O)N[C@H]2CC[C@H](NC(=O)CN)CC2)CC[C@]2(CO2)C1[C@H](C)OCC=C(C)C. The number of hydrogen-bond donors (Lipinski definition) is 3. The van der Waals surface area contributed by atoms with Gasteiger partial charge in [0.15, 0.2) is 0 Å². The zero-order valence-corrected chi connectivity index (χ0v) is 20.4. The number of epoxide rings is 1. The van der Waals surface area contributed by atoms with Crippen LogP contribution in [0.3, 0.4) is 0 Å². The Bertz CT molecular complexity index is 698. The van der Waals surface area contributed by atoms with Crippen LogP contribution in [0.1, 0.15) is 59.3 Å². The molecular formula is C24H41N3O6.